The monoisotopic (exact) mass is 404 g/mol. The molecule has 1 aliphatic carbocycles. The Morgan fingerprint density at radius 1 is 0.897 bits per heavy atom. The van der Waals surface area contributed by atoms with Crippen LogP contribution >= 0.6 is 0 Å². The van der Waals surface area contributed by atoms with Gasteiger partial charge in [0.05, 0.1) is 5.56 Å². The maximum atomic E-state index is 12.7. The second-order valence-electron chi connectivity index (χ2n) is 7.18. The summed E-state index contributed by atoms with van der Waals surface area (Å²) in [4.78, 5) is 24.3. The standard InChI is InChI=1S/C22H23F3N2O2/c23-22(24,25)19-10-8-15(9-11-19)17-6-3-7-18(14-17)21(29)27-13-12-26-20(28)16-4-1-2-5-16/h3,6-11,14,16H,1-2,4-5,12-13H2,(H,26,28)(H,27,29). The van der Waals surface area contributed by atoms with Gasteiger partial charge in [-0.2, -0.15) is 13.2 Å². The summed E-state index contributed by atoms with van der Waals surface area (Å²) in [6, 6.07) is 11.5. The highest BCUT2D eigenvalue weighted by atomic mass is 19.4. The van der Waals surface area contributed by atoms with Gasteiger partial charge < -0.3 is 10.6 Å². The van der Waals surface area contributed by atoms with Gasteiger partial charge in [0, 0.05) is 24.6 Å². The molecule has 2 amide bonds. The Morgan fingerprint density at radius 3 is 2.21 bits per heavy atom. The first-order chi connectivity index (χ1) is 13.8. The summed E-state index contributed by atoms with van der Waals surface area (Å²) >= 11 is 0. The molecule has 0 aliphatic heterocycles. The van der Waals surface area contributed by atoms with Gasteiger partial charge in [0.15, 0.2) is 0 Å². The van der Waals surface area contributed by atoms with Crippen molar-refractivity contribution < 1.29 is 22.8 Å². The van der Waals surface area contributed by atoms with Crippen molar-refractivity contribution in [2.24, 2.45) is 5.92 Å². The van der Waals surface area contributed by atoms with Crippen molar-refractivity contribution in [3.8, 4) is 11.1 Å². The molecule has 4 nitrogen and oxygen atoms in total. The van der Waals surface area contributed by atoms with Crippen LogP contribution in [0.2, 0.25) is 0 Å². The van der Waals surface area contributed by atoms with Crippen molar-refractivity contribution >= 4 is 11.8 Å². The lowest BCUT2D eigenvalue weighted by Gasteiger charge is -2.11. The molecule has 2 aromatic rings. The Morgan fingerprint density at radius 2 is 1.55 bits per heavy atom. The molecule has 1 fully saturated rings. The molecular weight excluding hydrogens is 381 g/mol. The molecule has 0 aromatic heterocycles. The third kappa shape index (κ3) is 5.59. The molecule has 0 atom stereocenters. The van der Waals surface area contributed by atoms with E-state index in [1.807, 2.05) is 0 Å². The van der Waals surface area contributed by atoms with Crippen LogP contribution in [0.1, 0.15) is 41.6 Å². The topological polar surface area (TPSA) is 58.2 Å². The maximum Gasteiger partial charge on any atom is 0.416 e. The zero-order chi connectivity index (χ0) is 20.9. The molecule has 0 saturated heterocycles. The van der Waals surface area contributed by atoms with E-state index in [4.69, 9.17) is 0 Å². The van der Waals surface area contributed by atoms with Crippen LogP contribution in [0.4, 0.5) is 13.2 Å². The second-order valence-corrected chi connectivity index (χ2v) is 7.18. The number of halogens is 3. The van der Waals surface area contributed by atoms with Gasteiger partial charge in [-0.05, 0) is 48.2 Å². The van der Waals surface area contributed by atoms with Crippen molar-refractivity contribution in [1.29, 1.82) is 0 Å². The molecule has 0 heterocycles. The van der Waals surface area contributed by atoms with Crippen molar-refractivity contribution in [3.05, 3.63) is 59.7 Å². The molecule has 0 radical (unpaired) electrons. The highest BCUT2D eigenvalue weighted by Crippen LogP contribution is 2.31. The number of amides is 2. The number of hydrogen-bond donors (Lipinski definition) is 2. The smallest absolute Gasteiger partial charge is 0.354 e. The van der Waals surface area contributed by atoms with Gasteiger partial charge in [-0.25, -0.2) is 0 Å². The van der Waals surface area contributed by atoms with E-state index < -0.39 is 11.7 Å². The van der Waals surface area contributed by atoms with E-state index in [9.17, 15) is 22.8 Å². The SMILES string of the molecule is O=C(NCCNC(=O)C1CCCC1)c1cccc(-c2ccc(C(F)(F)F)cc2)c1. The number of nitrogens with one attached hydrogen (secondary N) is 2. The van der Waals surface area contributed by atoms with Crippen LogP contribution in [-0.4, -0.2) is 24.9 Å². The first kappa shape index (κ1) is 20.9. The Bertz CT molecular complexity index is 857. The Balaban J connectivity index is 1.54. The fourth-order valence-electron chi connectivity index (χ4n) is 3.49. The number of carbonyl (C=O) groups excluding carboxylic acids is 2. The lowest BCUT2D eigenvalue weighted by molar-refractivity contribution is -0.137. The van der Waals surface area contributed by atoms with E-state index in [0.29, 0.717) is 29.8 Å². The minimum atomic E-state index is -4.38. The lowest BCUT2D eigenvalue weighted by Crippen LogP contribution is -2.37. The molecule has 154 valence electrons. The molecule has 0 bridgehead atoms. The average molecular weight is 404 g/mol. The Hall–Kier alpha value is -2.83. The number of alkyl halides is 3. The molecule has 2 aromatic carbocycles. The summed E-state index contributed by atoms with van der Waals surface area (Å²) in [6.45, 7) is 0.668. The van der Waals surface area contributed by atoms with Gasteiger partial charge >= 0.3 is 6.18 Å². The first-order valence-electron chi connectivity index (χ1n) is 9.68. The van der Waals surface area contributed by atoms with Gasteiger partial charge in [-0.15, -0.1) is 0 Å². The van der Waals surface area contributed by atoms with Crippen LogP contribution < -0.4 is 10.6 Å². The fourth-order valence-corrected chi connectivity index (χ4v) is 3.49. The normalized spacial score (nSPS) is 14.6. The average Bonchev–Trinajstić information content (AvgIpc) is 3.25. The van der Waals surface area contributed by atoms with E-state index in [-0.39, 0.29) is 17.7 Å². The van der Waals surface area contributed by atoms with E-state index in [1.54, 1.807) is 24.3 Å². The molecular formula is C22H23F3N2O2. The predicted molar refractivity (Wildman–Crippen MR) is 104 cm³/mol. The van der Waals surface area contributed by atoms with Crippen LogP contribution in [-0.2, 0) is 11.0 Å². The third-order valence-corrected chi connectivity index (χ3v) is 5.11. The first-order valence-corrected chi connectivity index (χ1v) is 9.68. The van der Waals surface area contributed by atoms with Crippen LogP contribution in [0.15, 0.2) is 48.5 Å². The summed E-state index contributed by atoms with van der Waals surface area (Å²) in [5.74, 6) is -0.166. The van der Waals surface area contributed by atoms with Gasteiger partial charge in [-0.3, -0.25) is 9.59 Å². The quantitative estimate of drug-likeness (QED) is 0.701. The van der Waals surface area contributed by atoms with Gasteiger partial charge in [-0.1, -0.05) is 37.1 Å². The Kier molecular flexibility index (Phi) is 6.56. The number of hydrogen-bond acceptors (Lipinski definition) is 2. The molecule has 1 saturated carbocycles. The van der Waals surface area contributed by atoms with Crippen LogP contribution in [0.3, 0.4) is 0 Å². The second kappa shape index (κ2) is 9.11. The lowest BCUT2D eigenvalue weighted by atomic mass is 10.0. The van der Waals surface area contributed by atoms with Crippen molar-refractivity contribution in [2.45, 2.75) is 31.9 Å². The van der Waals surface area contributed by atoms with Crippen molar-refractivity contribution in [2.75, 3.05) is 13.1 Å². The molecule has 2 N–H and O–H groups in total. The summed E-state index contributed by atoms with van der Waals surface area (Å²) < 4.78 is 38.1. The minimum Gasteiger partial charge on any atom is -0.354 e. The van der Waals surface area contributed by atoms with Crippen LogP contribution in [0.25, 0.3) is 11.1 Å². The summed E-state index contributed by atoms with van der Waals surface area (Å²) in [7, 11) is 0. The number of rotatable bonds is 6. The van der Waals surface area contributed by atoms with E-state index >= 15 is 0 Å². The van der Waals surface area contributed by atoms with Gasteiger partial charge in [0.25, 0.3) is 5.91 Å². The summed E-state index contributed by atoms with van der Waals surface area (Å²) in [6.07, 6.45) is -0.356. The molecule has 0 unspecified atom stereocenters. The summed E-state index contributed by atoms with van der Waals surface area (Å²) in [5.41, 5.74) is 0.941. The zero-order valence-electron chi connectivity index (χ0n) is 15.9. The molecule has 29 heavy (non-hydrogen) atoms. The van der Waals surface area contributed by atoms with E-state index in [0.717, 1.165) is 37.8 Å². The largest absolute Gasteiger partial charge is 0.416 e. The number of carbonyl (C=O) groups is 2. The molecule has 1 aliphatic rings. The summed E-state index contributed by atoms with van der Waals surface area (Å²) in [5, 5.41) is 5.59. The molecule has 7 heteroatoms. The highest BCUT2D eigenvalue weighted by molar-refractivity contribution is 5.95. The van der Waals surface area contributed by atoms with Crippen molar-refractivity contribution in [3.63, 3.8) is 0 Å². The maximum absolute atomic E-state index is 12.7. The van der Waals surface area contributed by atoms with Crippen molar-refractivity contribution in [1.82, 2.24) is 10.6 Å². The zero-order valence-corrected chi connectivity index (χ0v) is 15.9. The third-order valence-electron chi connectivity index (χ3n) is 5.11. The molecule has 0 spiro atoms. The van der Waals surface area contributed by atoms with Crippen LogP contribution in [0, 0.1) is 5.92 Å². The Labute approximate surface area is 167 Å². The molecule has 3 rings (SSSR count). The van der Waals surface area contributed by atoms with E-state index in [1.165, 1.54) is 12.1 Å². The van der Waals surface area contributed by atoms with Gasteiger partial charge in [0.1, 0.15) is 0 Å². The van der Waals surface area contributed by atoms with Gasteiger partial charge in [0.2, 0.25) is 5.91 Å². The highest BCUT2D eigenvalue weighted by Gasteiger charge is 2.30. The number of benzene rings is 2. The van der Waals surface area contributed by atoms with E-state index in [2.05, 4.69) is 10.6 Å². The predicted octanol–water partition coefficient (Wildman–Crippen LogP) is 4.41. The fraction of sp³-hybridized carbons (Fsp3) is 0.364. The van der Waals surface area contributed by atoms with Crippen LogP contribution in [0.5, 0.6) is 0 Å². The minimum absolute atomic E-state index is 0.0426.